The molecule has 2 heterocycles. The van der Waals surface area contributed by atoms with Crippen LogP contribution in [0.2, 0.25) is 0 Å². The van der Waals surface area contributed by atoms with Crippen LogP contribution in [0.1, 0.15) is 50.4 Å². The fourth-order valence-electron chi connectivity index (χ4n) is 6.95. The zero-order valence-electron chi connectivity index (χ0n) is 25.1. The summed E-state index contributed by atoms with van der Waals surface area (Å²) in [4.78, 5) is 0. The standard InChI is InChI=1S/C41H36N2/c1-4-41(2,3)30-21-26-40-36(27-30)35-13-7-10-16-39(35)43(40)32-24-19-29(20-25-32)28-17-22-31(23-18-28)42-37-14-8-5-11-33(37)34-12-6-9-15-38(34)42/h5,7-11,13-27H,4,6,12H2,1-3H3. The molecule has 7 aromatic rings. The van der Waals surface area contributed by atoms with E-state index in [2.05, 4.69) is 157 Å². The molecule has 0 amide bonds. The summed E-state index contributed by atoms with van der Waals surface area (Å²) in [6.07, 6.45) is 7.93. The second kappa shape index (κ2) is 9.88. The number of aryl methyl sites for hydroxylation is 1. The molecule has 0 fully saturated rings. The number of para-hydroxylation sites is 2. The lowest BCUT2D eigenvalue weighted by Crippen LogP contribution is -2.15. The molecule has 1 aliphatic rings. The van der Waals surface area contributed by atoms with E-state index in [0.29, 0.717) is 0 Å². The summed E-state index contributed by atoms with van der Waals surface area (Å²) in [6.45, 7) is 6.95. The van der Waals surface area contributed by atoms with E-state index in [0.717, 1.165) is 19.3 Å². The van der Waals surface area contributed by atoms with Gasteiger partial charge in [0, 0.05) is 33.2 Å². The lowest BCUT2D eigenvalue weighted by Gasteiger charge is -2.23. The van der Waals surface area contributed by atoms with Crippen LogP contribution in [0.4, 0.5) is 0 Å². The molecule has 2 heteroatoms. The van der Waals surface area contributed by atoms with Gasteiger partial charge in [-0.1, -0.05) is 93.6 Å². The third kappa shape index (κ3) is 4.08. The molecule has 0 saturated heterocycles. The molecule has 0 atom stereocenters. The Bertz CT molecular complexity index is 2170. The van der Waals surface area contributed by atoms with E-state index < -0.39 is 0 Å². The Hall–Kier alpha value is -4.82. The van der Waals surface area contributed by atoms with E-state index in [1.54, 1.807) is 0 Å². The fourth-order valence-corrected chi connectivity index (χ4v) is 6.95. The van der Waals surface area contributed by atoms with Crippen molar-refractivity contribution in [2.24, 2.45) is 0 Å². The van der Waals surface area contributed by atoms with E-state index >= 15 is 0 Å². The third-order valence-electron chi connectivity index (χ3n) is 9.78. The van der Waals surface area contributed by atoms with Gasteiger partial charge in [0.25, 0.3) is 0 Å². The molecule has 1 aliphatic carbocycles. The van der Waals surface area contributed by atoms with Gasteiger partial charge in [0.2, 0.25) is 0 Å². The van der Waals surface area contributed by atoms with Crippen LogP contribution >= 0.6 is 0 Å². The second-order valence-electron chi connectivity index (χ2n) is 12.6. The van der Waals surface area contributed by atoms with E-state index in [1.165, 1.54) is 72.0 Å². The summed E-state index contributed by atoms with van der Waals surface area (Å²) in [5.74, 6) is 0. The van der Waals surface area contributed by atoms with E-state index in [1.807, 2.05) is 0 Å². The molecule has 0 bridgehead atoms. The van der Waals surface area contributed by atoms with Gasteiger partial charge in [0.05, 0.1) is 16.6 Å². The van der Waals surface area contributed by atoms with Crippen LogP contribution in [0.3, 0.4) is 0 Å². The highest BCUT2D eigenvalue weighted by atomic mass is 15.0. The smallest absolute Gasteiger partial charge is 0.0541 e. The van der Waals surface area contributed by atoms with Crippen LogP contribution < -0.4 is 0 Å². The first kappa shape index (κ1) is 25.9. The summed E-state index contributed by atoms with van der Waals surface area (Å²) >= 11 is 0. The number of rotatable bonds is 5. The number of allylic oxidation sites excluding steroid dienone is 1. The molecule has 2 aromatic heterocycles. The van der Waals surface area contributed by atoms with Crippen molar-refractivity contribution in [3.63, 3.8) is 0 Å². The molecule has 0 unspecified atom stereocenters. The Morgan fingerprint density at radius 1 is 0.605 bits per heavy atom. The van der Waals surface area contributed by atoms with Crippen molar-refractivity contribution < 1.29 is 0 Å². The number of aromatic nitrogens is 2. The Kier molecular flexibility index (Phi) is 5.94. The molecule has 2 nitrogen and oxygen atoms in total. The minimum atomic E-state index is 0.152. The Morgan fingerprint density at radius 3 is 1.86 bits per heavy atom. The SMILES string of the molecule is CCC(C)(C)c1ccc2c(c1)c1ccccc1n2-c1ccc(-c2ccc(-n3c4c(c5ccccc53)CCC=C4)cc2)cc1. The topological polar surface area (TPSA) is 9.86 Å². The van der Waals surface area contributed by atoms with Crippen molar-refractivity contribution in [3.05, 3.63) is 138 Å². The van der Waals surface area contributed by atoms with Crippen molar-refractivity contribution in [3.8, 4) is 22.5 Å². The van der Waals surface area contributed by atoms with Gasteiger partial charge in [-0.05, 0) is 102 Å². The number of nitrogens with zero attached hydrogens (tertiary/aromatic N) is 2. The van der Waals surface area contributed by atoms with Crippen LogP contribution in [0.25, 0.3) is 61.3 Å². The number of fused-ring (bicyclic) bond motifs is 6. The zero-order chi connectivity index (χ0) is 29.1. The molecular weight excluding hydrogens is 520 g/mol. The van der Waals surface area contributed by atoms with Crippen LogP contribution in [-0.4, -0.2) is 9.13 Å². The van der Waals surface area contributed by atoms with Gasteiger partial charge in [0.1, 0.15) is 0 Å². The molecular formula is C41H36N2. The summed E-state index contributed by atoms with van der Waals surface area (Å²) in [5.41, 5.74) is 13.0. The van der Waals surface area contributed by atoms with E-state index in [4.69, 9.17) is 0 Å². The average molecular weight is 557 g/mol. The van der Waals surface area contributed by atoms with Crippen molar-refractivity contribution in [2.75, 3.05) is 0 Å². The third-order valence-corrected chi connectivity index (χ3v) is 9.78. The normalized spacial score (nSPS) is 13.3. The fraction of sp³-hybridized carbons (Fsp3) is 0.171. The van der Waals surface area contributed by atoms with Crippen molar-refractivity contribution in [2.45, 2.75) is 45.4 Å². The summed E-state index contributed by atoms with van der Waals surface area (Å²) in [6, 6.07) is 42.7. The monoisotopic (exact) mass is 556 g/mol. The zero-order valence-corrected chi connectivity index (χ0v) is 25.1. The maximum atomic E-state index is 2.42. The van der Waals surface area contributed by atoms with Gasteiger partial charge in [-0.15, -0.1) is 0 Å². The van der Waals surface area contributed by atoms with E-state index in [-0.39, 0.29) is 5.41 Å². The highest BCUT2D eigenvalue weighted by Crippen LogP contribution is 2.37. The summed E-state index contributed by atoms with van der Waals surface area (Å²) < 4.78 is 4.83. The van der Waals surface area contributed by atoms with Crippen LogP contribution in [0, 0.1) is 0 Å². The highest BCUT2D eigenvalue weighted by Gasteiger charge is 2.21. The van der Waals surface area contributed by atoms with Crippen molar-refractivity contribution in [1.29, 1.82) is 0 Å². The molecule has 5 aromatic carbocycles. The molecule has 0 aliphatic heterocycles. The first-order valence-corrected chi connectivity index (χ1v) is 15.6. The van der Waals surface area contributed by atoms with Crippen molar-refractivity contribution in [1.82, 2.24) is 9.13 Å². The minimum absolute atomic E-state index is 0.152. The average Bonchev–Trinajstić information content (AvgIpc) is 3.58. The molecule has 0 spiro atoms. The number of benzene rings is 5. The molecule has 210 valence electrons. The number of hydrogen-bond donors (Lipinski definition) is 0. The first-order chi connectivity index (χ1) is 21.0. The van der Waals surface area contributed by atoms with Gasteiger partial charge in [-0.2, -0.15) is 0 Å². The van der Waals surface area contributed by atoms with Gasteiger partial charge >= 0.3 is 0 Å². The number of hydrogen-bond acceptors (Lipinski definition) is 0. The molecule has 0 saturated carbocycles. The summed E-state index contributed by atoms with van der Waals surface area (Å²) in [5, 5.41) is 4.00. The van der Waals surface area contributed by atoms with Crippen molar-refractivity contribution >= 4 is 38.8 Å². The van der Waals surface area contributed by atoms with Gasteiger partial charge in [0.15, 0.2) is 0 Å². The van der Waals surface area contributed by atoms with Crippen LogP contribution in [0.5, 0.6) is 0 Å². The second-order valence-corrected chi connectivity index (χ2v) is 12.6. The Labute approximate surface area is 253 Å². The van der Waals surface area contributed by atoms with Gasteiger partial charge in [-0.25, -0.2) is 0 Å². The highest BCUT2D eigenvalue weighted by molar-refractivity contribution is 6.09. The molecule has 0 N–H and O–H groups in total. The Morgan fingerprint density at radius 2 is 1.19 bits per heavy atom. The van der Waals surface area contributed by atoms with Crippen LogP contribution in [-0.2, 0) is 11.8 Å². The largest absolute Gasteiger partial charge is 0.310 e. The maximum absolute atomic E-state index is 2.42. The molecule has 0 radical (unpaired) electrons. The predicted molar refractivity (Wildman–Crippen MR) is 184 cm³/mol. The predicted octanol–water partition coefficient (Wildman–Crippen LogP) is 11.0. The minimum Gasteiger partial charge on any atom is -0.310 e. The Balaban J connectivity index is 1.17. The molecule has 43 heavy (non-hydrogen) atoms. The quantitative estimate of drug-likeness (QED) is 0.200. The summed E-state index contributed by atoms with van der Waals surface area (Å²) in [7, 11) is 0. The first-order valence-electron chi connectivity index (χ1n) is 15.6. The maximum Gasteiger partial charge on any atom is 0.0541 e. The molecule has 8 rings (SSSR count). The lowest BCUT2D eigenvalue weighted by molar-refractivity contribution is 0.507. The van der Waals surface area contributed by atoms with Crippen LogP contribution in [0.15, 0.2) is 121 Å². The van der Waals surface area contributed by atoms with Gasteiger partial charge in [-0.3, -0.25) is 0 Å². The van der Waals surface area contributed by atoms with Gasteiger partial charge < -0.3 is 9.13 Å². The lowest BCUT2D eigenvalue weighted by atomic mass is 9.82. The van der Waals surface area contributed by atoms with E-state index in [9.17, 15) is 0 Å².